The summed E-state index contributed by atoms with van der Waals surface area (Å²) in [6.45, 7) is 10.3. The summed E-state index contributed by atoms with van der Waals surface area (Å²) in [5.74, 6) is 0. The van der Waals surface area contributed by atoms with Gasteiger partial charge in [-0.15, -0.1) is 0 Å². The van der Waals surface area contributed by atoms with Gasteiger partial charge in [0.2, 0.25) is 0 Å². The summed E-state index contributed by atoms with van der Waals surface area (Å²) in [7, 11) is 0. The van der Waals surface area contributed by atoms with Crippen LogP contribution in [0.5, 0.6) is 0 Å². The lowest BCUT2D eigenvalue weighted by atomic mass is 9.85. The van der Waals surface area contributed by atoms with Gasteiger partial charge in [0.25, 0.3) is 0 Å². The molecule has 2 aliphatic rings. The van der Waals surface area contributed by atoms with Crippen molar-refractivity contribution in [2.45, 2.75) is 13.3 Å². The number of ether oxygens (including phenoxy) is 1. The highest BCUT2D eigenvalue weighted by molar-refractivity contribution is 5.01. The molecule has 2 heterocycles. The fraction of sp³-hybridized carbons (Fsp3) is 0.778. The molecular formula is C9H15NO. The number of nitrogens with zero attached hydrogens (tertiary/aromatic N) is 1. The second kappa shape index (κ2) is 2.24. The van der Waals surface area contributed by atoms with Crippen LogP contribution in [0.25, 0.3) is 0 Å². The van der Waals surface area contributed by atoms with Gasteiger partial charge in [0.1, 0.15) is 0 Å². The van der Waals surface area contributed by atoms with Crippen LogP contribution in [0.2, 0.25) is 0 Å². The van der Waals surface area contributed by atoms with Gasteiger partial charge in [-0.25, -0.2) is 0 Å². The molecule has 0 aromatic heterocycles. The Morgan fingerprint density at radius 1 is 1.55 bits per heavy atom. The van der Waals surface area contributed by atoms with E-state index in [1.807, 2.05) is 0 Å². The number of rotatable bonds is 1. The zero-order valence-corrected chi connectivity index (χ0v) is 7.10. The fourth-order valence-corrected chi connectivity index (χ4v) is 1.89. The van der Waals surface area contributed by atoms with E-state index in [1.165, 1.54) is 25.2 Å². The highest BCUT2D eigenvalue weighted by atomic mass is 16.5. The molecule has 62 valence electrons. The van der Waals surface area contributed by atoms with Crippen molar-refractivity contribution in [1.82, 2.24) is 4.90 Å². The lowest BCUT2D eigenvalue weighted by Gasteiger charge is -2.37. The molecule has 11 heavy (non-hydrogen) atoms. The van der Waals surface area contributed by atoms with Crippen molar-refractivity contribution in [1.29, 1.82) is 0 Å². The molecule has 1 spiro atoms. The van der Waals surface area contributed by atoms with Gasteiger partial charge in [-0.1, -0.05) is 6.58 Å². The summed E-state index contributed by atoms with van der Waals surface area (Å²) in [6, 6.07) is 0. The Kier molecular flexibility index (Phi) is 1.46. The molecule has 0 atom stereocenters. The Hall–Kier alpha value is -0.500. The smallest absolute Gasteiger partial charge is 0.0562 e. The molecular weight excluding hydrogens is 138 g/mol. The third-order valence-corrected chi connectivity index (χ3v) is 2.79. The minimum absolute atomic E-state index is 0.513. The molecule has 0 saturated carbocycles. The van der Waals surface area contributed by atoms with Crippen LogP contribution in [0.3, 0.4) is 0 Å². The van der Waals surface area contributed by atoms with Gasteiger partial charge >= 0.3 is 0 Å². The van der Waals surface area contributed by atoms with E-state index in [9.17, 15) is 0 Å². The fourth-order valence-electron chi connectivity index (χ4n) is 1.89. The van der Waals surface area contributed by atoms with Crippen molar-refractivity contribution < 1.29 is 4.74 Å². The SMILES string of the molecule is C=C(C)N1CCC2(COC2)C1. The van der Waals surface area contributed by atoms with Crippen LogP contribution in [0.1, 0.15) is 13.3 Å². The topological polar surface area (TPSA) is 12.5 Å². The number of likely N-dealkylation sites (tertiary alicyclic amines) is 1. The van der Waals surface area contributed by atoms with Gasteiger partial charge in [-0.05, 0) is 13.3 Å². The second-order valence-corrected chi connectivity index (χ2v) is 3.90. The molecule has 0 aromatic carbocycles. The standard InChI is InChI=1S/C9H15NO/c1-8(2)10-4-3-9(5-10)6-11-7-9/h1,3-7H2,2H3. The Morgan fingerprint density at radius 3 is 2.55 bits per heavy atom. The third-order valence-electron chi connectivity index (χ3n) is 2.79. The van der Waals surface area contributed by atoms with E-state index in [0.717, 1.165) is 13.2 Å². The van der Waals surface area contributed by atoms with E-state index in [-0.39, 0.29) is 0 Å². The van der Waals surface area contributed by atoms with Crippen LogP contribution in [0, 0.1) is 5.41 Å². The first-order chi connectivity index (χ1) is 5.22. The van der Waals surface area contributed by atoms with E-state index < -0.39 is 0 Å². The van der Waals surface area contributed by atoms with Crippen molar-refractivity contribution in [3.05, 3.63) is 12.3 Å². The van der Waals surface area contributed by atoms with E-state index in [4.69, 9.17) is 4.74 Å². The van der Waals surface area contributed by atoms with E-state index in [2.05, 4.69) is 18.4 Å². The predicted octanol–water partition coefficient (Wildman–Crippen LogP) is 1.24. The van der Waals surface area contributed by atoms with Gasteiger partial charge in [-0.2, -0.15) is 0 Å². The summed E-state index contributed by atoms with van der Waals surface area (Å²) in [5.41, 5.74) is 1.72. The Labute approximate surface area is 67.8 Å². The maximum Gasteiger partial charge on any atom is 0.0562 e. The first-order valence-electron chi connectivity index (χ1n) is 4.20. The van der Waals surface area contributed by atoms with E-state index in [0.29, 0.717) is 5.41 Å². The summed E-state index contributed by atoms with van der Waals surface area (Å²) in [5, 5.41) is 0. The van der Waals surface area contributed by atoms with Crippen molar-refractivity contribution in [3.63, 3.8) is 0 Å². The van der Waals surface area contributed by atoms with Crippen LogP contribution in [0.4, 0.5) is 0 Å². The van der Waals surface area contributed by atoms with Crippen LogP contribution >= 0.6 is 0 Å². The van der Waals surface area contributed by atoms with Gasteiger partial charge in [0, 0.05) is 24.2 Å². The lowest BCUT2D eigenvalue weighted by Crippen LogP contribution is -2.44. The minimum atomic E-state index is 0.513. The Balaban J connectivity index is 1.98. The summed E-state index contributed by atoms with van der Waals surface area (Å²) in [6.07, 6.45) is 1.29. The maximum atomic E-state index is 5.23. The van der Waals surface area contributed by atoms with Crippen molar-refractivity contribution >= 4 is 0 Å². The molecule has 0 unspecified atom stereocenters. The first kappa shape index (κ1) is 7.17. The molecule has 2 nitrogen and oxygen atoms in total. The quantitative estimate of drug-likeness (QED) is 0.562. The summed E-state index contributed by atoms with van der Waals surface area (Å²) < 4.78 is 5.23. The van der Waals surface area contributed by atoms with Gasteiger partial charge in [0.05, 0.1) is 13.2 Å². The number of allylic oxidation sites excluding steroid dienone is 1. The summed E-state index contributed by atoms with van der Waals surface area (Å²) in [4.78, 5) is 2.36. The lowest BCUT2D eigenvalue weighted by molar-refractivity contribution is -0.103. The molecule has 0 N–H and O–H groups in total. The van der Waals surface area contributed by atoms with Crippen molar-refractivity contribution in [2.75, 3.05) is 26.3 Å². The minimum Gasteiger partial charge on any atom is -0.380 e. The molecule has 2 aliphatic heterocycles. The van der Waals surface area contributed by atoms with Crippen molar-refractivity contribution in [3.8, 4) is 0 Å². The molecule has 2 saturated heterocycles. The maximum absolute atomic E-state index is 5.23. The molecule has 2 heteroatoms. The van der Waals surface area contributed by atoms with Crippen molar-refractivity contribution in [2.24, 2.45) is 5.41 Å². The van der Waals surface area contributed by atoms with Gasteiger partial charge in [-0.3, -0.25) is 0 Å². The zero-order valence-electron chi connectivity index (χ0n) is 7.10. The average Bonchev–Trinajstić information content (AvgIpc) is 2.28. The zero-order chi connectivity index (χ0) is 7.90. The highest BCUT2D eigenvalue weighted by Crippen LogP contribution is 2.38. The Bertz CT molecular complexity index is 184. The Morgan fingerprint density at radius 2 is 2.27 bits per heavy atom. The van der Waals surface area contributed by atoms with Crippen LogP contribution in [-0.2, 0) is 4.74 Å². The van der Waals surface area contributed by atoms with E-state index >= 15 is 0 Å². The molecule has 0 amide bonds. The molecule has 0 aliphatic carbocycles. The van der Waals surface area contributed by atoms with Crippen LogP contribution < -0.4 is 0 Å². The molecule has 2 fully saturated rings. The molecule has 0 bridgehead atoms. The van der Waals surface area contributed by atoms with Crippen LogP contribution in [-0.4, -0.2) is 31.2 Å². The average molecular weight is 153 g/mol. The number of hydrogen-bond acceptors (Lipinski definition) is 2. The van der Waals surface area contributed by atoms with Gasteiger partial charge in [0.15, 0.2) is 0 Å². The summed E-state index contributed by atoms with van der Waals surface area (Å²) >= 11 is 0. The second-order valence-electron chi connectivity index (χ2n) is 3.90. The van der Waals surface area contributed by atoms with E-state index in [1.54, 1.807) is 0 Å². The van der Waals surface area contributed by atoms with Gasteiger partial charge < -0.3 is 9.64 Å². The first-order valence-corrected chi connectivity index (χ1v) is 4.20. The predicted molar refractivity (Wildman–Crippen MR) is 44.3 cm³/mol. The largest absolute Gasteiger partial charge is 0.380 e. The molecule has 2 rings (SSSR count). The normalized spacial score (nSPS) is 27.2. The van der Waals surface area contributed by atoms with Crippen LogP contribution in [0.15, 0.2) is 12.3 Å². The third kappa shape index (κ3) is 1.06. The highest BCUT2D eigenvalue weighted by Gasteiger charge is 2.44. The molecule has 0 aromatic rings. The molecule has 0 radical (unpaired) electrons. The number of hydrogen-bond donors (Lipinski definition) is 0. The monoisotopic (exact) mass is 153 g/mol.